The zero-order valence-corrected chi connectivity index (χ0v) is 13.4. The van der Waals surface area contributed by atoms with Gasteiger partial charge in [-0.05, 0) is 36.2 Å². The van der Waals surface area contributed by atoms with Gasteiger partial charge in [0, 0.05) is 12.1 Å². The molecule has 0 heterocycles. The molecule has 0 radical (unpaired) electrons. The van der Waals surface area contributed by atoms with Gasteiger partial charge in [0.05, 0.1) is 7.11 Å². The number of methoxy groups -OCH3 is 1. The zero-order valence-electron chi connectivity index (χ0n) is 13.4. The van der Waals surface area contributed by atoms with Crippen LogP contribution in [0.5, 0.6) is 0 Å². The minimum atomic E-state index is -1.12. The Kier molecular flexibility index (Phi) is 5.63. The molecule has 0 N–H and O–H groups in total. The third kappa shape index (κ3) is 4.16. The van der Waals surface area contributed by atoms with Gasteiger partial charge in [0.15, 0.2) is 11.6 Å². The molecular weight excluding hydrogens is 316 g/mol. The normalized spacial score (nSPS) is 10.3. The highest BCUT2D eigenvalue weighted by molar-refractivity contribution is 5.96. The lowest BCUT2D eigenvalue weighted by Gasteiger charge is -2.22. The number of benzene rings is 2. The molecule has 0 aliphatic carbocycles. The van der Waals surface area contributed by atoms with Crippen LogP contribution < -0.4 is 0 Å². The van der Waals surface area contributed by atoms with Gasteiger partial charge in [0.1, 0.15) is 6.54 Å². The van der Waals surface area contributed by atoms with Crippen LogP contribution in [0.4, 0.5) is 8.78 Å². The van der Waals surface area contributed by atoms with Crippen molar-refractivity contribution < 1.29 is 23.1 Å². The summed E-state index contributed by atoms with van der Waals surface area (Å²) in [6.45, 7) is 1.75. The van der Waals surface area contributed by atoms with Gasteiger partial charge in [0.2, 0.25) is 0 Å². The molecule has 6 heteroatoms. The average molecular weight is 333 g/mol. The second kappa shape index (κ2) is 7.68. The first-order valence-corrected chi connectivity index (χ1v) is 7.28. The van der Waals surface area contributed by atoms with Gasteiger partial charge in [-0.15, -0.1) is 0 Å². The first-order chi connectivity index (χ1) is 11.4. The van der Waals surface area contributed by atoms with Gasteiger partial charge in [-0.3, -0.25) is 9.59 Å². The van der Waals surface area contributed by atoms with Crippen molar-refractivity contribution in [2.24, 2.45) is 0 Å². The Balaban J connectivity index is 2.30. The van der Waals surface area contributed by atoms with E-state index in [-0.39, 0.29) is 18.7 Å². The van der Waals surface area contributed by atoms with Crippen LogP contribution in [0.1, 0.15) is 21.5 Å². The van der Waals surface area contributed by atoms with E-state index in [1.165, 1.54) is 18.1 Å². The van der Waals surface area contributed by atoms with E-state index in [0.29, 0.717) is 0 Å². The largest absolute Gasteiger partial charge is 0.468 e. The molecule has 0 fully saturated rings. The summed E-state index contributed by atoms with van der Waals surface area (Å²) in [4.78, 5) is 25.4. The highest BCUT2D eigenvalue weighted by Crippen LogP contribution is 2.15. The molecule has 0 saturated heterocycles. The summed E-state index contributed by atoms with van der Waals surface area (Å²) in [6, 6.07) is 10.3. The Labute approximate surface area is 138 Å². The van der Waals surface area contributed by atoms with Crippen molar-refractivity contribution in [2.45, 2.75) is 13.5 Å². The minimum Gasteiger partial charge on any atom is -0.468 e. The fraction of sp³-hybridized carbons (Fsp3) is 0.222. The molecule has 0 atom stereocenters. The molecule has 0 spiro atoms. The van der Waals surface area contributed by atoms with Crippen LogP contribution in [0.15, 0.2) is 42.5 Å². The molecule has 24 heavy (non-hydrogen) atoms. The summed E-state index contributed by atoms with van der Waals surface area (Å²) in [5.74, 6) is -3.33. The SMILES string of the molecule is COC(=O)CN(Cc1ccccc1C)C(=O)c1ccc(F)c(F)c1. The van der Waals surface area contributed by atoms with Crippen molar-refractivity contribution in [3.63, 3.8) is 0 Å². The Bertz CT molecular complexity index is 762. The van der Waals surface area contributed by atoms with E-state index in [0.717, 1.165) is 23.3 Å². The van der Waals surface area contributed by atoms with Crippen LogP contribution in [0.3, 0.4) is 0 Å². The third-order valence-corrected chi connectivity index (χ3v) is 3.62. The lowest BCUT2D eigenvalue weighted by Crippen LogP contribution is -2.36. The number of carbonyl (C=O) groups excluding carboxylic acids is 2. The second-order valence-electron chi connectivity index (χ2n) is 5.29. The first kappa shape index (κ1) is 17.6. The number of aryl methyl sites for hydroxylation is 1. The Hall–Kier alpha value is -2.76. The number of amides is 1. The van der Waals surface area contributed by atoms with Crippen LogP contribution in [-0.2, 0) is 16.1 Å². The van der Waals surface area contributed by atoms with E-state index >= 15 is 0 Å². The number of rotatable bonds is 5. The minimum absolute atomic E-state index is 0.0358. The van der Waals surface area contributed by atoms with Gasteiger partial charge in [0.25, 0.3) is 5.91 Å². The van der Waals surface area contributed by atoms with E-state index < -0.39 is 23.5 Å². The fourth-order valence-electron chi connectivity index (χ4n) is 2.22. The van der Waals surface area contributed by atoms with Gasteiger partial charge in [-0.1, -0.05) is 24.3 Å². The van der Waals surface area contributed by atoms with Crippen LogP contribution in [0.25, 0.3) is 0 Å². The van der Waals surface area contributed by atoms with E-state index in [1.807, 2.05) is 31.2 Å². The molecule has 0 aliphatic heterocycles. The molecule has 4 nitrogen and oxygen atoms in total. The lowest BCUT2D eigenvalue weighted by molar-refractivity contribution is -0.141. The number of esters is 1. The molecule has 0 saturated carbocycles. The van der Waals surface area contributed by atoms with Crippen molar-refractivity contribution in [1.82, 2.24) is 4.90 Å². The van der Waals surface area contributed by atoms with E-state index in [1.54, 1.807) is 0 Å². The van der Waals surface area contributed by atoms with Crippen LogP contribution in [-0.4, -0.2) is 30.4 Å². The summed E-state index contributed by atoms with van der Waals surface area (Å²) in [6.07, 6.45) is 0. The summed E-state index contributed by atoms with van der Waals surface area (Å²) < 4.78 is 31.0. The Morgan fingerprint density at radius 3 is 2.42 bits per heavy atom. The molecule has 0 bridgehead atoms. The summed E-state index contributed by atoms with van der Waals surface area (Å²) in [5.41, 5.74) is 1.76. The zero-order chi connectivity index (χ0) is 17.7. The predicted molar refractivity (Wildman–Crippen MR) is 84.3 cm³/mol. The average Bonchev–Trinajstić information content (AvgIpc) is 2.57. The monoisotopic (exact) mass is 333 g/mol. The maximum atomic E-state index is 13.4. The molecule has 2 aromatic rings. The van der Waals surface area contributed by atoms with Crippen molar-refractivity contribution >= 4 is 11.9 Å². The van der Waals surface area contributed by atoms with Gasteiger partial charge in [-0.25, -0.2) is 8.78 Å². The van der Waals surface area contributed by atoms with Gasteiger partial charge < -0.3 is 9.64 Å². The van der Waals surface area contributed by atoms with Gasteiger partial charge in [-0.2, -0.15) is 0 Å². The molecule has 2 aromatic carbocycles. The molecule has 126 valence electrons. The number of hydrogen-bond acceptors (Lipinski definition) is 3. The summed E-state index contributed by atoms with van der Waals surface area (Å²) in [7, 11) is 1.22. The first-order valence-electron chi connectivity index (χ1n) is 7.28. The van der Waals surface area contributed by atoms with Crippen molar-refractivity contribution in [2.75, 3.05) is 13.7 Å². The van der Waals surface area contributed by atoms with E-state index in [9.17, 15) is 18.4 Å². The maximum Gasteiger partial charge on any atom is 0.325 e. The summed E-state index contributed by atoms with van der Waals surface area (Å²) >= 11 is 0. The fourth-order valence-corrected chi connectivity index (χ4v) is 2.22. The van der Waals surface area contributed by atoms with Crippen LogP contribution in [0, 0.1) is 18.6 Å². The standard InChI is InChI=1S/C18H17F2NO3/c1-12-5-3-4-6-14(12)10-21(11-17(22)24-2)18(23)13-7-8-15(19)16(20)9-13/h3-9H,10-11H2,1-2H3. The summed E-state index contributed by atoms with van der Waals surface area (Å²) in [5, 5.41) is 0. The molecule has 1 amide bonds. The highest BCUT2D eigenvalue weighted by atomic mass is 19.2. The number of ether oxygens (including phenoxy) is 1. The predicted octanol–water partition coefficient (Wildman–Crippen LogP) is 3.09. The Morgan fingerprint density at radius 1 is 1.08 bits per heavy atom. The molecular formula is C18H17F2NO3. The van der Waals surface area contributed by atoms with Crippen molar-refractivity contribution in [1.29, 1.82) is 0 Å². The van der Waals surface area contributed by atoms with Crippen LogP contribution >= 0.6 is 0 Å². The van der Waals surface area contributed by atoms with Gasteiger partial charge >= 0.3 is 5.97 Å². The number of halogens is 2. The second-order valence-corrected chi connectivity index (χ2v) is 5.29. The molecule has 0 unspecified atom stereocenters. The lowest BCUT2D eigenvalue weighted by atomic mass is 10.1. The van der Waals surface area contributed by atoms with Crippen LogP contribution in [0.2, 0.25) is 0 Å². The topological polar surface area (TPSA) is 46.6 Å². The van der Waals surface area contributed by atoms with Crippen molar-refractivity contribution in [3.05, 3.63) is 70.8 Å². The van der Waals surface area contributed by atoms with E-state index in [4.69, 9.17) is 0 Å². The smallest absolute Gasteiger partial charge is 0.325 e. The highest BCUT2D eigenvalue weighted by Gasteiger charge is 2.21. The van der Waals surface area contributed by atoms with E-state index in [2.05, 4.69) is 4.74 Å². The molecule has 2 rings (SSSR count). The maximum absolute atomic E-state index is 13.4. The van der Waals surface area contributed by atoms with Crippen molar-refractivity contribution in [3.8, 4) is 0 Å². The number of hydrogen-bond donors (Lipinski definition) is 0. The quantitative estimate of drug-likeness (QED) is 0.790. The third-order valence-electron chi connectivity index (χ3n) is 3.62. The molecule has 0 aromatic heterocycles. The number of carbonyl (C=O) groups is 2. The Morgan fingerprint density at radius 2 is 1.79 bits per heavy atom. The molecule has 0 aliphatic rings. The number of nitrogens with zero attached hydrogens (tertiary/aromatic N) is 1.